The van der Waals surface area contributed by atoms with Crippen LogP contribution in [0.15, 0.2) is 65.9 Å². The Kier molecular flexibility index (Phi) is 4.91. The minimum atomic E-state index is -0.330. The number of carbonyl (C=O) groups excluding carboxylic acids is 1. The molecule has 2 aromatic carbocycles. The lowest BCUT2D eigenvalue weighted by Crippen LogP contribution is -2.27. The monoisotopic (exact) mass is 343 g/mol. The molecule has 6 heteroatoms. The number of esters is 1. The van der Waals surface area contributed by atoms with Crippen LogP contribution in [0.4, 0.5) is 11.4 Å². The van der Waals surface area contributed by atoms with E-state index in [9.17, 15) is 4.79 Å². The average Bonchev–Trinajstić information content (AvgIpc) is 3.05. The van der Waals surface area contributed by atoms with Crippen LogP contribution in [0.25, 0.3) is 0 Å². The number of hydrazine groups is 1. The number of hydrogen-bond donors (Lipinski definition) is 2. The van der Waals surface area contributed by atoms with Crippen molar-refractivity contribution in [2.45, 2.75) is 0 Å². The third-order valence-electron chi connectivity index (χ3n) is 3.82. The first-order valence-corrected chi connectivity index (χ1v) is 7.93. The molecule has 2 aromatic rings. The summed E-state index contributed by atoms with van der Waals surface area (Å²) in [5.74, 6) is -0.330. The fourth-order valence-electron chi connectivity index (χ4n) is 2.56. The van der Waals surface area contributed by atoms with Crippen LogP contribution < -0.4 is 15.8 Å². The molecule has 5 nitrogen and oxygen atoms in total. The van der Waals surface area contributed by atoms with E-state index in [1.165, 1.54) is 7.11 Å². The van der Waals surface area contributed by atoms with Crippen LogP contribution in [0.1, 0.15) is 0 Å². The van der Waals surface area contributed by atoms with E-state index in [1.807, 2.05) is 54.6 Å². The highest BCUT2D eigenvalue weighted by molar-refractivity contribution is 6.30. The number of halogens is 1. The molecule has 0 radical (unpaired) electrons. The molecule has 2 N–H and O–H groups in total. The van der Waals surface area contributed by atoms with Gasteiger partial charge in [0.05, 0.1) is 37.2 Å². The molecule has 0 amide bonds. The summed E-state index contributed by atoms with van der Waals surface area (Å²) in [5, 5.41) is 0.684. The maximum Gasteiger partial charge on any atom is 0.337 e. The van der Waals surface area contributed by atoms with E-state index in [1.54, 1.807) is 0 Å². The first kappa shape index (κ1) is 16.2. The summed E-state index contributed by atoms with van der Waals surface area (Å²) >= 11 is 5.94. The largest absolute Gasteiger partial charge is 0.466 e. The molecule has 0 aliphatic carbocycles. The number of nitrogens with one attached hydrogen (secondary N) is 2. The van der Waals surface area contributed by atoms with Crippen molar-refractivity contribution in [1.82, 2.24) is 5.43 Å². The van der Waals surface area contributed by atoms with E-state index >= 15 is 0 Å². The summed E-state index contributed by atoms with van der Waals surface area (Å²) < 4.78 is 4.91. The minimum Gasteiger partial charge on any atom is -0.466 e. The second-order valence-electron chi connectivity index (χ2n) is 5.40. The van der Waals surface area contributed by atoms with Gasteiger partial charge in [-0.3, -0.25) is 0 Å². The summed E-state index contributed by atoms with van der Waals surface area (Å²) in [7, 11) is 1.39. The van der Waals surface area contributed by atoms with E-state index < -0.39 is 0 Å². The Bertz CT molecular complexity index is 745. The number of benzene rings is 2. The van der Waals surface area contributed by atoms with E-state index in [0.717, 1.165) is 17.1 Å². The van der Waals surface area contributed by atoms with E-state index in [0.29, 0.717) is 23.7 Å². The molecule has 1 heterocycles. The van der Waals surface area contributed by atoms with Gasteiger partial charge < -0.3 is 20.5 Å². The molecule has 1 aliphatic rings. The molecule has 3 rings (SSSR count). The minimum absolute atomic E-state index is 0.330. The Morgan fingerprint density at radius 2 is 1.75 bits per heavy atom. The van der Waals surface area contributed by atoms with Crippen LogP contribution >= 0.6 is 11.6 Å². The fourth-order valence-corrected chi connectivity index (χ4v) is 2.68. The van der Waals surface area contributed by atoms with Crippen molar-refractivity contribution in [3.8, 4) is 0 Å². The van der Waals surface area contributed by atoms with E-state index in [2.05, 4.69) is 15.8 Å². The van der Waals surface area contributed by atoms with Gasteiger partial charge in [0.15, 0.2) is 0 Å². The average molecular weight is 344 g/mol. The molecule has 0 fully saturated rings. The zero-order valence-electron chi connectivity index (χ0n) is 13.3. The van der Waals surface area contributed by atoms with Gasteiger partial charge in [0.1, 0.15) is 0 Å². The Morgan fingerprint density at radius 1 is 1.04 bits per heavy atom. The van der Waals surface area contributed by atoms with Gasteiger partial charge in [-0.05, 0) is 36.4 Å². The summed E-state index contributed by atoms with van der Waals surface area (Å²) in [4.78, 5) is 14.2. The van der Waals surface area contributed by atoms with Crippen LogP contribution in [0.2, 0.25) is 5.02 Å². The maximum absolute atomic E-state index is 12.1. The number of carbonyl (C=O) groups is 1. The molecule has 0 unspecified atom stereocenters. The van der Waals surface area contributed by atoms with Gasteiger partial charge in [-0.15, -0.1) is 0 Å². The van der Waals surface area contributed by atoms with Gasteiger partial charge in [0, 0.05) is 10.7 Å². The molecule has 0 bridgehead atoms. The molecule has 0 atom stereocenters. The fraction of sp³-hybridized carbons (Fsp3) is 0.167. The summed E-state index contributed by atoms with van der Waals surface area (Å²) in [6.07, 6.45) is 0. The zero-order chi connectivity index (χ0) is 16.9. The predicted octanol–water partition coefficient (Wildman–Crippen LogP) is 3.20. The molecular weight excluding hydrogens is 326 g/mol. The Labute approximate surface area is 145 Å². The normalized spacial score (nSPS) is 13.8. The number of para-hydroxylation sites is 1. The van der Waals surface area contributed by atoms with Crippen molar-refractivity contribution >= 4 is 28.9 Å². The van der Waals surface area contributed by atoms with Crippen molar-refractivity contribution in [3.05, 3.63) is 70.9 Å². The first-order valence-electron chi connectivity index (χ1n) is 7.55. The zero-order valence-corrected chi connectivity index (χ0v) is 14.0. The number of ether oxygens (including phenoxy) is 1. The second kappa shape index (κ2) is 7.27. The predicted molar refractivity (Wildman–Crippen MR) is 95.9 cm³/mol. The lowest BCUT2D eigenvalue weighted by atomic mass is 10.2. The number of methoxy groups -OCH3 is 1. The van der Waals surface area contributed by atoms with Crippen LogP contribution in [0.5, 0.6) is 0 Å². The molecule has 1 aliphatic heterocycles. The smallest absolute Gasteiger partial charge is 0.337 e. The number of hydrogen-bond acceptors (Lipinski definition) is 5. The first-order chi connectivity index (χ1) is 11.7. The van der Waals surface area contributed by atoms with Gasteiger partial charge in [0.25, 0.3) is 0 Å². The van der Waals surface area contributed by atoms with Crippen LogP contribution in [-0.4, -0.2) is 26.2 Å². The van der Waals surface area contributed by atoms with Gasteiger partial charge in [-0.25, -0.2) is 4.79 Å². The molecule has 0 saturated heterocycles. The highest BCUT2D eigenvalue weighted by atomic mass is 35.5. The lowest BCUT2D eigenvalue weighted by molar-refractivity contribution is -0.136. The highest BCUT2D eigenvalue weighted by Crippen LogP contribution is 2.25. The number of nitrogens with zero attached hydrogens (tertiary/aromatic N) is 1. The van der Waals surface area contributed by atoms with Crippen LogP contribution in [0, 0.1) is 0 Å². The van der Waals surface area contributed by atoms with Crippen molar-refractivity contribution in [3.63, 3.8) is 0 Å². The molecule has 24 heavy (non-hydrogen) atoms. The maximum atomic E-state index is 12.1. The third-order valence-corrected chi connectivity index (χ3v) is 4.07. The summed E-state index contributed by atoms with van der Waals surface area (Å²) in [5.41, 5.74) is 9.56. The van der Waals surface area contributed by atoms with Gasteiger partial charge in [-0.2, -0.15) is 0 Å². The van der Waals surface area contributed by atoms with Crippen molar-refractivity contribution < 1.29 is 9.53 Å². The summed E-state index contributed by atoms with van der Waals surface area (Å²) in [6, 6.07) is 17.2. The second-order valence-corrected chi connectivity index (χ2v) is 5.83. The van der Waals surface area contributed by atoms with Crippen molar-refractivity contribution in [2.75, 3.05) is 30.5 Å². The van der Waals surface area contributed by atoms with Crippen molar-refractivity contribution in [1.29, 1.82) is 0 Å². The molecule has 0 aromatic heterocycles. The highest BCUT2D eigenvalue weighted by Gasteiger charge is 2.27. The Balaban J connectivity index is 1.75. The lowest BCUT2D eigenvalue weighted by Gasteiger charge is -2.19. The number of anilines is 2. The SMILES string of the molecule is COC(=O)C1=C(NNc2ccccc2)CN(c2ccc(Cl)cc2)C1. The number of rotatable bonds is 5. The van der Waals surface area contributed by atoms with Gasteiger partial charge in [0.2, 0.25) is 0 Å². The quantitative estimate of drug-likeness (QED) is 0.645. The molecule has 124 valence electrons. The summed E-state index contributed by atoms with van der Waals surface area (Å²) in [6.45, 7) is 1.05. The topological polar surface area (TPSA) is 53.6 Å². The van der Waals surface area contributed by atoms with Crippen LogP contribution in [-0.2, 0) is 9.53 Å². The van der Waals surface area contributed by atoms with E-state index in [4.69, 9.17) is 16.3 Å². The van der Waals surface area contributed by atoms with Gasteiger partial charge in [-0.1, -0.05) is 29.8 Å². The standard InChI is InChI=1S/C18H18ClN3O2/c1-24-18(23)16-11-22(15-9-7-13(19)8-10-15)12-17(16)21-20-14-5-3-2-4-6-14/h2-10,20-21H,11-12H2,1H3. The Morgan fingerprint density at radius 3 is 2.42 bits per heavy atom. The van der Waals surface area contributed by atoms with Gasteiger partial charge >= 0.3 is 5.97 Å². The van der Waals surface area contributed by atoms with Crippen molar-refractivity contribution in [2.24, 2.45) is 0 Å². The Hall–Kier alpha value is -2.66. The van der Waals surface area contributed by atoms with Crippen LogP contribution in [0.3, 0.4) is 0 Å². The molecular formula is C18H18ClN3O2. The third kappa shape index (κ3) is 3.63. The molecule has 0 spiro atoms. The molecule has 0 saturated carbocycles. The van der Waals surface area contributed by atoms with E-state index in [-0.39, 0.29) is 5.97 Å².